The molecule has 0 atom stereocenters. The minimum absolute atomic E-state index is 1.01. The first kappa shape index (κ1) is 11.3. The molecule has 2 aromatic rings. The number of para-hydroxylation sites is 1. The summed E-state index contributed by atoms with van der Waals surface area (Å²) in [7, 11) is 0. The molecular weight excluding hydrogens is 252 g/mol. The lowest BCUT2D eigenvalue weighted by Crippen LogP contribution is -2.78. The van der Waals surface area contributed by atoms with Crippen molar-refractivity contribution < 1.29 is 8.90 Å². The minimum atomic E-state index is 1.01. The Kier molecular flexibility index (Phi) is 2.16. The van der Waals surface area contributed by atoms with Gasteiger partial charge < -0.3 is 4.42 Å². The second-order valence-electron chi connectivity index (χ2n) is 6.62. The van der Waals surface area contributed by atoms with Gasteiger partial charge in [-0.25, -0.2) is 14.7 Å². The minimum Gasteiger partial charge on any atom is -0.464 e. The molecule has 0 saturated carbocycles. The fraction of sp³-hybridized carbons (Fsp3) is 0.467. The molecule has 1 aromatic carbocycles. The quantitative estimate of drug-likeness (QED) is 0.771. The molecule has 4 bridgehead atoms. The van der Waals surface area contributed by atoms with Crippen LogP contribution in [0.1, 0.15) is 5.56 Å². The van der Waals surface area contributed by atoms with E-state index in [0.29, 0.717) is 0 Å². The van der Waals surface area contributed by atoms with Crippen molar-refractivity contribution in [2.45, 2.75) is 6.54 Å². The first-order valence-corrected chi connectivity index (χ1v) is 7.27. The number of benzene rings is 1. The Hall–Kier alpha value is -1.40. The van der Waals surface area contributed by atoms with Crippen molar-refractivity contribution in [3.05, 3.63) is 36.1 Å². The van der Waals surface area contributed by atoms with Crippen LogP contribution in [0.3, 0.4) is 0 Å². The summed E-state index contributed by atoms with van der Waals surface area (Å²) in [4.78, 5) is 7.66. The van der Waals surface area contributed by atoms with Gasteiger partial charge in [0.05, 0.1) is 25.6 Å². The molecule has 0 amide bonds. The van der Waals surface area contributed by atoms with Crippen molar-refractivity contribution >= 4 is 11.0 Å². The number of hydrogen-bond donors (Lipinski definition) is 0. The number of quaternary nitrogens is 1. The van der Waals surface area contributed by atoms with Gasteiger partial charge in [0.25, 0.3) is 0 Å². The van der Waals surface area contributed by atoms with Crippen LogP contribution in [0.4, 0.5) is 0 Å². The second kappa shape index (κ2) is 3.83. The molecule has 6 rings (SSSR count). The average Bonchev–Trinajstić information content (AvgIpc) is 2.80. The highest BCUT2D eigenvalue weighted by Crippen LogP contribution is 2.32. The van der Waals surface area contributed by atoms with Gasteiger partial charge >= 0.3 is 0 Å². The van der Waals surface area contributed by atoms with E-state index in [-0.39, 0.29) is 0 Å². The van der Waals surface area contributed by atoms with E-state index in [1.54, 1.807) is 0 Å². The highest BCUT2D eigenvalue weighted by Gasteiger charge is 2.48. The third-order valence-electron chi connectivity index (χ3n) is 4.77. The zero-order valence-corrected chi connectivity index (χ0v) is 11.5. The van der Waals surface area contributed by atoms with Crippen molar-refractivity contribution in [3.8, 4) is 0 Å². The van der Waals surface area contributed by atoms with E-state index < -0.39 is 0 Å². The molecule has 0 N–H and O–H groups in total. The predicted molar refractivity (Wildman–Crippen MR) is 74.9 cm³/mol. The highest BCUT2D eigenvalue weighted by molar-refractivity contribution is 5.80. The maximum Gasteiger partial charge on any atom is 0.139 e. The zero-order chi connectivity index (χ0) is 13.2. The van der Waals surface area contributed by atoms with E-state index in [4.69, 9.17) is 4.42 Å². The Morgan fingerprint density at radius 3 is 2.30 bits per heavy atom. The van der Waals surface area contributed by atoms with Crippen molar-refractivity contribution in [2.24, 2.45) is 0 Å². The Balaban J connectivity index is 1.52. The van der Waals surface area contributed by atoms with Crippen molar-refractivity contribution in [2.75, 3.05) is 40.0 Å². The van der Waals surface area contributed by atoms with E-state index in [2.05, 4.69) is 32.9 Å². The van der Waals surface area contributed by atoms with Gasteiger partial charge in [-0.15, -0.1) is 0 Å². The molecule has 5 nitrogen and oxygen atoms in total. The topological polar surface area (TPSA) is 22.9 Å². The van der Waals surface area contributed by atoms with Crippen LogP contribution < -0.4 is 0 Å². The summed E-state index contributed by atoms with van der Waals surface area (Å²) in [5.74, 6) is 0. The van der Waals surface area contributed by atoms with Crippen LogP contribution in [0.5, 0.6) is 0 Å². The molecule has 4 aliphatic rings. The van der Waals surface area contributed by atoms with Crippen LogP contribution in [0.2, 0.25) is 0 Å². The lowest BCUT2D eigenvalue weighted by atomic mass is 10.1. The van der Waals surface area contributed by atoms with Gasteiger partial charge in [-0.3, -0.25) is 4.48 Å². The fourth-order valence-electron chi connectivity index (χ4n) is 4.32. The normalized spacial score (nSPS) is 38.7. The number of nitrogens with zero attached hydrogens (tertiary/aromatic N) is 4. The Morgan fingerprint density at radius 1 is 0.950 bits per heavy atom. The van der Waals surface area contributed by atoms with Gasteiger partial charge in [0.2, 0.25) is 0 Å². The van der Waals surface area contributed by atoms with E-state index in [1.165, 1.54) is 31.0 Å². The van der Waals surface area contributed by atoms with Gasteiger partial charge in [0.15, 0.2) is 0 Å². The smallest absolute Gasteiger partial charge is 0.139 e. The summed E-state index contributed by atoms with van der Waals surface area (Å²) >= 11 is 0. The predicted octanol–water partition coefficient (Wildman–Crippen LogP) is 1.44. The Labute approximate surface area is 118 Å². The van der Waals surface area contributed by atoms with Crippen LogP contribution in [0.25, 0.3) is 11.0 Å². The number of rotatable bonds is 2. The van der Waals surface area contributed by atoms with E-state index >= 15 is 0 Å². The maximum absolute atomic E-state index is 5.71. The van der Waals surface area contributed by atoms with Gasteiger partial charge in [0.1, 0.15) is 38.4 Å². The lowest BCUT2D eigenvalue weighted by molar-refractivity contribution is -0.991. The summed E-state index contributed by atoms with van der Waals surface area (Å²) in [5.41, 5.74) is 2.36. The largest absolute Gasteiger partial charge is 0.464 e. The molecule has 104 valence electrons. The zero-order valence-electron chi connectivity index (χ0n) is 11.5. The molecule has 4 saturated heterocycles. The standard InChI is InChI=1S/C15H19N4O/c1-2-4-15-14(3-1)13(6-20-15)5-19-10-16-7-17(11-19)9-18(8-16)12-19/h1-4,6H,5,7-12H2/q+1. The monoisotopic (exact) mass is 271 g/mol. The van der Waals surface area contributed by atoms with E-state index in [9.17, 15) is 0 Å². The summed E-state index contributed by atoms with van der Waals surface area (Å²) in [6.07, 6.45) is 1.96. The molecule has 0 unspecified atom stereocenters. The van der Waals surface area contributed by atoms with E-state index in [1.807, 2.05) is 12.3 Å². The van der Waals surface area contributed by atoms with Crippen LogP contribution in [0, 0.1) is 0 Å². The number of fused-ring (bicyclic) bond motifs is 1. The first-order chi connectivity index (χ1) is 9.80. The average molecular weight is 271 g/mol. The first-order valence-electron chi connectivity index (χ1n) is 7.27. The third-order valence-corrected chi connectivity index (χ3v) is 4.77. The fourth-order valence-corrected chi connectivity index (χ4v) is 4.32. The Morgan fingerprint density at radius 2 is 1.60 bits per heavy atom. The maximum atomic E-state index is 5.71. The molecule has 0 aliphatic carbocycles. The van der Waals surface area contributed by atoms with Crippen LogP contribution >= 0.6 is 0 Å². The van der Waals surface area contributed by atoms with Gasteiger partial charge in [-0.05, 0) is 6.07 Å². The summed E-state index contributed by atoms with van der Waals surface area (Å²) < 4.78 is 6.84. The van der Waals surface area contributed by atoms with Crippen LogP contribution in [-0.2, 0) is 6.54 Å². The summed E-state index contributed by atoms with van der Waals surface area (Å²) in [5, 5.41) is 1.28. The molecule has 4 fully saturated rings. The van der Waals surface area contributed by atoms with Gasteiger partial charge in [-0.1, -0.05) is 18.2 Å². The van der Waals surface area contributed by atoms with Gasteiger partial charge in [-0.2, -0.15) is 0 Å². The van der Waals surface area contributed by atoms with Crippen molar-refractivity contribution in [1.29, 1.82) is 0 Å². The Bertz CT molecular complexity index is 629. The van der Waals surface area contributed by atoms with E-state index in [0.717, 1.165) is 36.6 Å². The van der Waals surface area contributed by atoms with Crippen molar-refractivity contribution in [3.63, 3.8) is 0 Å². The molecule has 1 aromatic heterocycles. The second-order valence-corrected chi connectivity index (χ2v) is 6.62. The van der Waals surface area contributed by atoms with Crippen molar-refractivity contribution in [1.82, 2.24) is 14.7 Å². The summed E-state index contributed by atoms with van der Waals surface area (Å²) in [6.45, 7) is 8.01. The van der Waals surface area contributed by atoms with Crippen LogP contribution in [-0.4, -0.2) is 59.2 Å². The molecule has 20 heavy (non-hydrogen) atoms. The number of furan rings is 1. The molecule has 5 heteroatoms. The summed E-state index contributed by atoms with van der Waals surface area (Å²) in [6, 6.07) is 8.38. The third kappa shape index (κ3) is 1.58. The van der Waals surface area contributed by atoms with Gasteiger partial charge in [0, 0.05) is 5.39 Å². The molecule has 5 heterocycles. The molecule has 4 aliphatic heterocycles. The molecule has 0 spiro atoms. The number of hydrogen-bond acceptors (Lipinski definition) is 4. The lowest BCUT2D eigenvalue weighted by Gasteiger charge is -2.60. The highest BCUT2D eigenvalue weighted by atomic mass is 16.3. The van der Waals surface area contributed by atoms with Crippen LogP contribution in [0.15, 0.2) is 34.9 Å². The molecule has 0 radical (unpaired) electrons. The molecular formula is C15H19N4O+. The SMILES string of the molecule is c1ccc2c(C[N+]34CN5CN(CN(C5)C3)C4)coc2c1.